The minimum Gasteiger partial charge on any atom is -0.495 e. The summed E-state index contributed by atoms with van der Waals surface area (Å²) in [5.74, 6) is -0.296. The van der Waals surface area contributed by atoms with Crippen molar-refractivity contribution in [3.63, 3.8) is 0 Å². The van der Waals surface area contributed by atoms with Crippen molar-refractivity contribution in [1.82, 2.24) is 4.57 Å². The Kier molecular flexibility index (Phi) is 6.85. The van der Waals surface area contributed by atoms with E-state index in [4.69, 9.17) is 21.1 Å². The molecule has 3 aromatic rings. The zero-order chi connectivity index (χ0) is 20.8. The molecule has 0 atom stereocenters. The third-order valence-electron chi connectivity index (χ3n) is 3.99. The molecule has 8 heteroatoms. The second-order valence-corrected chi connectivity index (χ2v) is 7.30. The van der Waals surface area contributed by atoms with Gasteiger partial charge >= 0.3 is 5.97 Å². The van der Waals surface area contributed by atoms with E-state index in [0.717, 1.165) is 10.3 Å². The number of hydrogen-bond donors (Lipinski definition) is 0. The van der Waals surface area contributed by atoms with Crippen molar-refractivity contribution in [2.45, 2.75) is 13.5 Å². The van der Waals surface area contributed by atoms with Crippen LogP contribution in [-0.2, 0) is 20.9 Å². The first-order valence-electron chi connectivity index (χ1n) is 8.86. The fourth-order valence-corrected chi connectivity index (χ4v) is 3.98. The number of nitrogens with zero attached hydrogens (tertiary/aromatic N) is 2. The molecule has 0 spiro atoms. The Morgan fingerprint density at radius 1 is 1.21 bits per heavy atom. The van der Waals surface area contributed by atoms with Crippen LogP contribution in [-0.4, -0.2) is 30.2 Å². The largest absolute Gasteiger partial charge is 0.495 e. The molecule has 150 valence electrons. The molecule has 3 rings (SSSR count). The number of fused-ring (bicyclic) bond motifs is 1. The highest BCUT2D eigenvalue weighted by atomic mass is 35.5. The first-order chi connectivity index (χ1) is 14.0. The zero-order valence-electron chi connectivity index (χ0n) is 15.9. The summed E-state index contributed by atoms with van der Waals surface area (Å²) in [6.45, 7) is 1.93. The third-order valence-corrected chi connectivity index (χ3v) is 5.38. The van der Waals surface area contributed by atoms with Gasteiger partial charge in [0.25, 0.3) is 5.91 Å². The van der Waals surface area contributed by atoms with Crippen molar-refractivity contribution in [2.24, 2.45) is 4.99 Å². The second-order valence-electron chi connectivity index (χ2n) is 5.89. The summed E-state index contributed by atoms with van der Waals surface area (Å²) in [5, 5.41) is 0.542. The summed E-state index contributed by atoms with van der Waals surface area (Å²) in [7, 11) is 1.55. The summed E-state index contributed by atoms with van der Waals surface area (Å²) in [4.78, 5) is 29.1. The Balaban J connectivity index is 2.04. The normalized spacial score (nSPS) is 11.9. The first-order valence-corrected chi connectivity index (χ1v) is 10.1. The van der Waals surface area contributed by atoms with Crippen LogP contribution in [0.3, 0.4) is 0 Å². The van der Waals surface area contributed by atoms with Crippen LogP contribution in [0.2, 0.25) is 5.02 Å². The Labute approximate surface area is 176 Å². The molecule has 0 fully saturated rings. The second kappa shape index (κ2) is 9.54. The van der Waals surface area contributed by atoms with Crippen LogP contribution in [0.4, 0.5) is 0 Å². The summed E-state index contributed by atoms with van der Waals surface area (Å²) < 4.78 is 13.0. The highest BCUT2D eigenvalue weighted by Gasteiger charge is 2.15. The lowest BCUT2D eigenvalue weighted by molar-refractivity contribution is -0.143. The van der Waals surface area contributed by atoms with E-state index >= 15 is 0 Å². The number of rotatable bonds is 6. The number of aromatic nitrogens is 1. The number of ether oxygens (including phenoxy) is 2. The van der Waals surface area contributed by atoms with Crippen LogP contribution in [0.1, 0.15) is 12.5 Å². The number of esters is 1. The Hall–Kier alpha value is -2.90. The minimum absolute atomic E-state index is 0.0748. The Morgan fingerprint density at radius 2 is 2.00 bits per heavy atom. The number of para-hydroxylation sites is 1. The predicted octanol–water partition coefficient (Wildman–Crippen LogP) is 4.07. The van der Waals surface area contributed by atoms with Crippen LogP contribution in [0.5, 0.6) is 5.75 Å². The molecule has 6 nitrogen and oxygen atoms in total. The van der Waals surface area contributed by atoms with Gasteiger partial charge in [-0.15, -0.1) is 0 Å². The number of halogens is 1. The maximum absolute atomic E-state index is 12.4. The summed E-state index contributed by atoms with van der Waals surface area (Å²) in [5.41, 5.74) is 1.41. The average molecular weight is 431 g/mol. The molecular weight excluding hydrogens is 412 g/mol. The van der Waals surface area contributed by atoms with Gasteiger partial charge in [-0.3, -0.25) is 9.59 Å². The van der Waals surface area contributed by atoms with Crippen molar-refractivity contribution in [3.05, 3.63) is 63.9 Å². The van der Waals surface area contributed by atoms with Crippen LogP contribution >= 0.6 is 22.9 Å². The Morgan fingerprint density at radius 3 is 2.72 bits per heavy atom. The average Bonchev–Trinajstić information content (AvgIpc) is 3.04. The number of carbonyl (C=O) groups is 2. The number of hydrogen-bond acceptors (Lipinski definition) is 5. The molecule has 1 aromatic heterocycles. The number of thiazole rings is 1. The number of methoxy groups -OCH3 is 1. The van der Waals surface area contributed by atoms with Gasteiger partial charge < -0.3 is 14.0 Å². The molecule has 0 aliphatic rings. The first kappa shape index (κ1) is 20.8. The van der Waals surface area contributed by atoms with Gasteiger partial charge in [-0.05, 0) is 36.8 Å². The quantitative estimate of drug-likeness (QED) is 0.436. The fourth-order valence-electron chi connectivity index (χ4n) is 2.73. The third kappa shape index (κ3) is 4.93. The van der Waals surface area contributed by atoms with Crippen molar-refractivity contribution in [2.75, 3.05) is 13.7 Å². The monoisotopic (exact) mass is 430 g/mol. The smallest absolute Gasteiger partial charge is 0.326 e. The number of carbonyl (C=O) groups excluding carboxylic acids is 2. The van der Waals surface area contributed by atoms with Gasteiger partial charge in [-0.2, -0.15) is 4.99 Å². The van der Waals surface area contributed by atoms with Crippen LogP contribution in [0, 0.1) is 0 Å². The molecule has 0 aliphatic carbocycles. The van der Waals surface area contributed by atoms with E-state index in [1.54, 1.807) is 42.9 Å². The van der Waals surface area contributed by atoms with Crippen LogP contribution in [0.25, 0.3) is 16.3 Å². The molecular formula is C21H19ClN2O4S. The SMILES string of the molecule is CCOC(=O)Cn1c(=NC(=O)/C=C/c2ccccc2Cl)sc2cccc(OC)c21. The van der Waals surface area contributed by atoms with Gasteiger partial charge in [0.2, 0.25) is 0 Å². The van der Waals surface area contributed by atoms with E-state index in [0.29, 0.717) is 21.1 Å². The summed E-state index contributed by atoms with van der Waals surface area (Å²) >= 11 is 7.40. The van der Waals surface area contributed by atoms with Gasteiger partial charge in [0.15, 0.2) is 4.80 Å². The molecule has 2 aromatic carbocycles. The van der Waals surface area contributed by atoms with Crippen molar-refractivity contribution in [1.29, 1.82) is 0 Å². The summed E-state index contributed by atoms with van der Waals surface area (Å²) in [6.07, 6.45) is 2.95. The lowest BCUT2D eigenvalue weighted by Gasteiger charge is -2.08. The predicted molar refractivity (Wildman–Crippen MR) is 114 cm³/mol. The van der Waals surface area contributed by atoms with Crippen LogP contribution < -0.4 is 9.54 Å². The molecule has 0 saturated carbocycles. The molecule has 0 aliphatic heterocycles. The van der Waals surface area contributed by atoms with Crippen LogP contribution in [0.15, 0.2) is 53.5 Å². The number of amides is 1. The van der Waals surface area contributed by atoms with Gasteiger partial charge in [-0.1, -0.05) is 47.2 Å². The van der Waals surface area contributed by atoms with Crippen molar-refractivity contribution >= 4 is 51.1 Å². The number of benzene rings is 2. The van der Waals surface area contributed by atoms with Crippen molar-refractivity contribution < 1.29 is 19.1 Å². The summed E-state index contributed by atoms with van der Waals surface area (Å²) in [6, 6.07) is 12.7. The molecule has 29 heavy (non-hydrogen) atoms. The van der Waals surface area contributed by atoms with E-state index in [1.807, 2.05) is 24.3 Å². The van der Waals surface area contributed by atoms with Gasteiger partial charge in [0.05, 0.1) is 18.4 Å². The van der Waals surface area contributed by atoms with Gasteiger partial charge in [-0.25, -0.2) is 0 Å². The topological polar surface area (TPSA) is 69.9 Å². The standard InChI is InChI=1S/C21H19ClN2O4S/c1-3-28-19(26)13-24-20-16(27-2)9-6-10-17(20)29-21(24)23-18(25)12-11-14-7-4-5-8-15(14)22/h4-12H,3,13H2,1-2H3/b12-11+,23-21?. The maximum Gasteiger partial charge on any atom is 0.326 e. The van der Waals surface area contributed by atoms with E-state index < -0.39 is 11.9 Å². The lowest BCUT2D eigenvalue weighted by atomic mass is 10.2. The highest BCUT2D eigenvalue weighted by molar-refractivity contribution is 7.16. The molecule has 0 unspecified atom stereocenters. The van der Waals surface area contributed by atoms with E-state index in [2.05, 4.69) is 4.99 Å². The molecule has 1 amide bonds. The molecule has 0 N–H and O–H groups in total. The maximum atomic E-state index is 12.4. The van der Waals surface area contributed by atoms with Crippen molar-refractivity contribution in [3.8, 4) is 5.75 Å². The molecule has 0 radical (unpaired) electrons. The Bertz CT molecular complexity index is 1150. The molecule has 0 bridgehead atoms. The molecule has 0 saturated heterocycles. The van der Waals surface area contributed by atoms with E-state index in [9.17, 15) is 9.59 Å². The van der Waals surface area contributed by atoms with E-state index in [-0.39, 0.29) is 13.2 Å². The zero-order valence-corrected chi connectivity index (χ0v) is 17.5. The van der Waals surface area contributed by atoms with E-state index in [1.165, 1.54) is 17.4 Å². The van der Waals surface area contributed by atoms with Gasteiger partial charge in [0, 0.05) is 11.1 Å². The van der Waals surface area contributed by atoms with Gasteiger partial charge in [0.1, 0.15) is 17.8 Å². The fraction of sp³-hybridized carbons (Fsp3) is 0.190. The highest BCUT2D eigenvalue weighted by Crippen LogP contribution is 2.27. The minimum atomic E-state index is -0.465. The lowest BCUT2D eigenvalue weighted by Crippen LogP contribution is -2.23. The molecule has 1 heterocycles.